The highest BCUT2D eigenvalue weighted by Crippen LogP contribution is 1.74. The minimum atomic E-state index is -1.14. The second-order valence-corrected chi connectivity index (χ2v) is 1.90. The van der Waals surface area contributed by atoms with E-state index < -0.39 is 18.0 Å². The van der Waals surface area contributed by atoms with Crippen molar-refractivity contribution in [2.45, 2.75) is 6.04 Å². The number of rotatable bonds is 3. The van der Waals surface area contributed by atoms with Crippen molar-refractivity contribution in [3.8, 4) is 0 Å². The lowest BCUT2D eigenvalue weighted by Crippen LogP contribution is -2.44. The lowest BCUT2D eigenvalue weighted by molar-refractivity contribution is -0.138. The van der Waals surface area contributed by atoms with Gasteiger partial charge in [-0.25, -0.2) is 4.79 Å². The molecule has 0 aromatic rings. The van der Waals surface area contributed by atoms with Crippen LogP contribution in [0, 0.1) is 0 Å². The molecule has 0 spiro atoms. The minimum absolute atomic E-state index is 0.0744. The summed E-state index contributed by atoms with van der Waals surface area (Å²) >= 11 is 0. The Hall–Kier alpha value is -1.30. The van der Waals surface area contributed by atoms with E-state index in [0.29, 0.717) is 0 Å². The Bertz CT molecular complexity index is 159. The number of hydrogen-bond donors (Lipinski definition) is 4. The fourth-order valence-corrected chi connectivity index (χ4v) is 0.378. The molecule has 6 heteroatoms. The zero-order chi connectivity index (χ0) is 8.85. The third kappa shape index (κ3) is 4.15. The minimum Gasteiger partial charge on any atom is -0.480 e. The molecule has 0 aromatic heterocycles. The fourth-order valence-electron chi connectivity index (χ4n) is 0.378. The largest absolute Gasteiger partial charge is 0.480 e. The van der Waals surface area contributed by atoms with Gasteiger partial charge in [-0.05, 0) is 0 Å². The Kier molecular flexibility index (Phi) is 3.97. The highest BCUT2D eigenvalue weighted by molar-refractivity contribution is 5.76. The van der Waals surface area contributed by atoms with Crippen LogP contribution in [0.25, 0.3) is 0 Å². The van der Waals surface area contributed by atoms with E-state index in [9.17, 15) is 9.59 Å². The molecule has 11 heavy (non-hydrogen) atoms. The van der Waals surface area contributed by atoms with E-state index >= 15 is 0 Å². The lowest BCUT2D eigenvalue weighted by Gasteiger charge is -2.06. The number of urea groups is 1. The van der Waals surface area contributed by atoms with Crippen LogP contribution in [0.1, 0.15) is 0 Å². The van der Waals surface area contributed by atoms with Crippen LogP contribution in [0.4, 0.5) is 4.79 Å². The molecule has 0 aliphatic rings. The molecule has 0 aromatic carbocycles. The van der Waals surface area contributed by atoms with E-state index in [1.165, 1.54) is 7.05 Å². The van der Waals surface area contributed by atoms with Crippen LogP contribution in [-0.2, 0) is 4.79 Å². The Morgan fingerprint density at radius 3 is 2.55 bits per heavy atom. The van der Waals surface area contributed by atoms with Crippen molar-refractivity contribution in [1.29, 1.82) is 0 Å². The first-order valence-corrected chi connectivity index (χ1v) is 3.02. The zero-order valence-electron chi connectivity index (χ0n) is 6.13. The Labute approximate surface area is 63.8 Å². The van der Waals surface area contributed by atoms with Crippen molar-refractivity contribution in [3.05, 3.63) is 0 Å². The number of hydrogen-bond acceptors (Lipinski definition) is 3. The maximum atomic E-state index is 10.5. The average molecular weight is 161 g/mol. The van der Waals surface area contributed by atoms with E-state index in [4.69, 9.17) is 10.8 Å². The maximum Gasteiger partial charge on any atom is 0.322 e. The molecule has 0 rings (SSSR count). The maximum absolute atomic E-state index is 10.5. The molecule has 6 nitrogen and oxygen atoms in total. The quantitative estimate of drug-likeness (QED) is 0.397. The molecule has 0 saturated heterocycles. The van der Waals surface area contributed by atoms with E-state index in [2.05, 4.69) is 10.6 Å². The van der Waals surface area contributed by atoms with Gasteiger partial charge < -0.3 is 21.5 Å². The number of carbonyl (C=O) groups is 2. The number of aliphatic carboxylic acids is 1. The predicted molar refractivity (Wildman–Crippen MR) is 38.1 cm³/mol. The second kappa shape index (κ2) is 4.51. The molecule has 0 heterocycles. The van der Waals surface area contributed by atoms with Crippen molar-refractivity contribution >= 4 is 12.0 Å². The van der Waals surface area contributed by atoms with Gasteiger partial charge in [0.25, 0.3) is 0 Å². The summed E-state index contributed by atoms with van der Waals surface area (Å²) in [5.41, 5.74) is 5.08. The third-order valence-electron chi connectivity index (χ3n) is 1.03. The van der Waals surface area contributed by atoms with Crippen molar-refractivity contribution in [1.82, 2.24) is 10.6 Å². The standard InChI is InChI=1S/C5H11N3O3/c1-7-5(11)8-2-3(6)4(9)10/h3H,2,6H2,1H3,(H,9,10)(H2,7,8,11). The van der Waals surface area contributed by atoms with Crippen LogP contribution in [-0.4, -0.2) is 36.7 Å². The van der Waals surface area contributed by atoms with E-state index in [1.807, 2.05) is 0 Å². The van der Waals surface area contributed by atoms with Crippen LogP contribution in [0.15, 0.2) is 0 Å². The first kappa shape index (κ1) is 9.70. The molecule has 0 saturated carbocycles. The summed E-state index contributed by atoms with van der Waals surface area (Å²) in [6.07, 6.45) is 0. The first-order valence-electron chi connectivity index (χ1n) is 3.02. The molecule has 1 atom stereocenters. The van der Waals surface area contributed by atoms with Gasteiger partial charge in [-0.15, -0.1) is 0 Å². The average Bonchev–Trinajstić information content (AvgIpc) is 1.99. The van der Waals surface area contributed by atoms with Gasteiger partial charge >= 0.3 is 12.0 Å². The predicted octanol–water partition coefficient (Wildman–Crippen LogP) is -1.67. The van der Waals surface area contributed by atoms with Crippen LogP contribution >= 0.6 is 0 Å². The van der Waals surface area contributed by atoms with Gasteiger partial charge in [0, 0.05) is 13.6 Å². The van der Waals surface area contributed by atoms with Crippen LogP contribution < -0.4 is 16.4 Å². The van der Waals surface area contributed by atoms with Crippen LogP contribution in [0.3, 0.4) is 0 Å². The van der Waals surface area contributed by atoms with Crippen molar-refractivity contribution < 1.29 is 14.7 Å². The second-order valence-electron chi connectivity index (χ2n) is 1.90. The van der Waals surface area contributed by atoms with Gasteiger partial charge in [0.15, 0.2) is 0 Å². The number of amides is 2. The summed E-state index contributed by atoms with van der Waals surface area (Å²) in [5.74, 6) is -1.14. The fraction of sp³-hybridized carbons (Fsp3) is 0.600. The zero-order valence-corrected chi connectivity index (χ0v) is 6.13. The Morgan fingerprint density at radius 1 is 1.64 bits per heavy atom. The first-order chi connectivity index (χ1) is 5.07. The molecule has 0 bridgehead atoms. The number of nitrogens with two attached hydrogens (primary N) is 1. The number of carboxylic acid groups (broad SMARTS) is 1. The number of nitrogens with one attached hydrogen (secondary N) is 2. The van der Waals surface area contributed by atoms with Crippen molar-refractivity contribution in [3.63, 3.8) is 0 Å². The molecular formula is C5H11N3O3. The molecule has 0 fully saturated rings. The molecular weight excluding hydrogens is 150 g/mol. The summed E-state index contributed by atoms with van der Waals surface area (Å²) in [6, 6.07) is -1.49. The smallest absolute Gasteiger partial charge is 0.322 e. The normalized spacial score (nSPS) is 11.8. The molecule has 5 N–H and O–H groups in total. The summed E-state index contributed by atoms with van der Waals surface area (Å²) in [7, 11) is 1.43. The molecule has 0 radical (unpaired) electrons. The van der Waals surface area contributed by atoms with Crippen molar-refractivity contribution in [2.24, 2.45) is 5.73 Å². The Morgan fingerprint density at radius 2 is 2.18 bits per heavy atom. The van der Waals surface area contributed by atoms with Gasteiger partial charge in [0.2, 0.25) is 0 Å². The summed E-state index contributed by atoms with van der Waals surface area (Å²) in [6.45, 7) is -0.0744. The molecule has 64 valence electrons. The Balaban J connectivity index is 3.54. The summed E-state index contributed by atoms with van der Waals surface area (Å²) < 4.78 is 0. The third-order valence-corrected chi connectivity index (χ3v) is 1.03. The monoisotopic (exact) mass is 161 g/mol. The topological polar surface area (TPSA) is 104 Å². The molecule has 0 aliphatic carbocycles. The van der Waals surface area contributed by atoms with Gasteiger partial charge in [-0.2, -0.15) is 0 Å². The SMILES string of the molecule is CNC(=O)NCC(N)C(=O)O. The van der Waals surface area contributed by atoms with Gasteiger partial charge in [0.05, 0.1) is 0 Å². The number of carboxylic acids is 1. The molecule has 0 aliphatic heterocycles. The number of carbonyl (C=O) groups excluding carboxylic acids is 1. The lowest BCUT2D eigenvalue weighted by atomic mass is 10.3. The highest BCUT2D eigenvalue weighted by atomic mass is 16.4. The van der Waals surface area contributed by atoms with E-state index in [-0.39, 0.29) is 6.54 Å². The van der Waals surface area contributed by atoms with Gasteiger partial charge in [-0.3, -0.25) is 4.79 Å². The van der Waals surface area contributed by atoms with E-state index in [1.54, 1.807) is 0 Å². The van der Waals surface area contributed by atoms with E-state index in [0.717, 1.165) is 0 Å². The molecule has 2 amide bonds. The molecule has 1 unspecified atom stereocenters. The van der Waals surface area contributed by atoms with Crippen molar-refractivity contribution in [2.75, 3.05) is 13.6 Å². The van der Waals surface area contributed by atoms with Gasteiger partial charge in [-0.1, -0.05) is 0 Å². The summed E-state index contributed by atoms with van der Waals surface area (Å²) in [4.78, 5) is 20.6. The van der Waals surface area contributed by atoms with Gasteiger partial charge in [0.1, 0.15) is 6.04 Å². The van der Waals surface area contributed by atoms with Crippen LogP contribution in [0.5, 0.6) is 0 Å². The van der Waals surface area contributed by atoms with Crippen LogP contribution in [0.2, 0.25) is 0 Å². The summed E-state index contributed by atoms with van der Waals surface area (Å²) in [5, 5.41) is 12.8. The highest BCUT2D eigenvalue weighted by Gasteiger charge is 2.11.